The molecule has 2 aromatic rings. The minimum Gasteiger partial charge on any atom is -0.235 e. The van der Waals surface area contributed by atoms with Crippen molar-refractivity contribution in [2.24, 2.45) is 0 Å². The molecule has 0 aliphatic heterocycles. The lowest BCUT2D eigenvalue weighted by Gasteiger charge is -2.09. The van der Waals surface area contributed by atoms with Crippen LogP contribution in [-0.4, -0.2) is 4.98 Å². The van der Waals surface area contributed by atoms with Gasteiger partial charge in [0, 0.05) is 5.39 Å². The van der Waals surface area contributed by atoms with Crippen LogP contribution in [0.4, 0.5) is 8.78 Å². The number of pyridine rings is 1. The maximum absolute atomic E-state index is 12.7. The first-order valence-corrected chi connectivity index (χ1v) is 5.30. The molecule has 16 heavy (non-hydrogen) atoms. The van der Waals surface area contributed by atoms with Gasteiger partial charge in [0.15, 0.2) is 0 Å². The maximum atomic E-state index is 12.7. The largest absolute Gasteiger partial charge is 0.268 e. The van der Waals surface area contributed by atoms with E-state index in [2.05, 4.69) is 4.98 Å². The number of fused-ring (bicyclic) bond motifs is 1. The Hall–Kier alpha value is -0.930. The number of aromatic nitrogens is 1. The number of hydrogen-bond donors (Lipinski definition) is 0. The van der Waals surface area contributed by atoms with Crippen LogP contribution in [0.2, 0.25) is 10.2 Å². The van der Waals surface area contributed by atoms with Crippen LogP contribution in [0.3, 0.4) is 0 Å². The fourth-order valence-electron chi connectivity index (χ4n) is 1.56. The number of alkyl halides is 2. The molecular weight excluding hydrogens is 255 g/mol. The molecule has 0 spiro atoms. The molecule has 0 N–H and O–H groups in total. The van der Waals surface area contributed by atoms with Gasteiger partial charge in [-0.05, 0) is 12.5 Å². The van der Waals surface area contributed by atoms with E-state index in [-0.39, 0.29) is 10.2 Å². The summed E-state index contributed by atoms with van der Waals surface area (Å²) in [6, 6.07) is 5.22. The van der Waals surface area contributed by atoms with Gasteiger partial charge < -0.3 is 0 Å². The van der Waals surface area contributed by atoms with Gasteiger partial charge in [-0.2, -0.15) is 0 Å². The smallest absolute Gasteiger partial charge is 0.235 e. The quantitative estimate of drug-likeness (QED) is 0.673. The molecule has 0 atom stereocenters. The molecule has 0 saturated carbocycles. The first-order chi connectivity index (χ1) is 7.52. The van der Waals surface area contributed by atoms with Crippen LogP contribution in [0, 0.1) is 6.92 Å². The molecule has 0 aliphatic carbocycles. The summed E-state index contributed by atoms with van der Waals surface area (Å²) < 4.78 is 25.4. The third-order valence-corrected chi connectivity index (χ3v) is 3.06. The van der Waals surface area contributed by atoms with Gasteiger partial charge in [0.1, 0.15) is 5.15 Å². The van der Waals surface area contributed by atoms with Gasteiger partial charge in [-0.15, -0.1) is 0 Å². The lowest BCUT2D eigenvalue weighted by Crippen LogP contribution is -1.94. The van der Waals surface area contributed by atoms with Gasteiger partial charge in [-0.25, -0.2) is 13.8 Å². The van der Waals surface area contributed by atoms with E-state index >= 15 is 0 Å². The zero-order valence-corrected chi connectivity index (χ0v) is 9.78. The first kappa shape index (κ1) is 11.6. The summed E-state index contributed by atoms with van der Waals surface area (Å²) in [7, 11) is 0. The Morgan fingerprint density at radius 1 is 1.25 bits per heavy atom. The van der Waals surface area contributed by atoms with Gasteiger partial charge in [0.05, 0.1) is 16.1 Å². The Morgan fingerprint density at radius 3 is 2.56 bits per heavy atom. The van der Waals surface area contributed by atoms with Crippen molar-refractivity contribution in [3.8, 4) is 0 Å². The zero-order valence-electron chi connectivity index (χ0n) is 8.27. The average Bonchev–Trinajstić information content (AvgIpc) is 2.19. The summed E-state index contributed by atoms with van der Waals surface area (Å²) >= 11 is 11.6. The number of nitrogens with zero attached hydrogens (tertiary/aromatic N) is 1. The van der Waals surface area contributed by atoms with E-state index in [0.717, 1.165) is 5.56 Å². The molecule has 1 heterocycles. The second kappa shape index (κ2) is 4.15. The highest BCUT2D eigenvalue weighted by atomic mass is 35.5. The van der Waals surface area contributed by atoms with Crippen LogP contribution in [0.25, 0.3) is 10.9 Å². The topological polar surface area (TPSA) is 12.9 Å². The van der Waals surface area contributed by atoms with Gasteiger partial charge in [0.25, 0.3) is 6.43 Å². The number of halogens is 4. The predicted molar refractivity (Wildman–Crippen MR) is 61.5 cm³/mol. The minimum absolute atomic E-state index is 0.0197. The van der Waals surface area contributed by atoms with E-state index in [1.807, 2.05) is 13.0 Å². The highest BCUT2D eigenvalue weighted by molar-refractivity contribution is 6.39. The number of aryl methyl sites for hydroxylation is 1. The molecule has 2 rings (SSSR count). The van der Waals surface area contributed by atoms with Gasteiger partial charge in [-0.3, -0.25) is 0 Å². The van der Waals surface area contributed by atoms with Crippen LogP contribution in [0.15, 0.2) is 18.2 Å². The Labute approximate surface area is 101 Å². The second-order valence-electron chi connectivity index (χ2n) is 3.40. The maximum Gasteiger partial charge on any atom is 0.268 e. The molecule has 0 radical (unpaired) electrons. The van der Waals surface area contributed by atoms with Crippen molar-refractivity contribution in [1.82, 2.24) is 4.98 Å². The van der Waals surface area contributed by atoms with Crippen LogP contribution < -0.4 is 0 Å². The van der Waals surface area contributed by atoms with E-state index < -0.39 is 12.0 Å². The average molecular weight is 262 g/mol. The summed E-state index contributed by atoms with van der Waals surface area (Å²) in [5.41, 5.74) is 1.01. The molecule has 1 aromatic heterocycles. The van der Waals surface area contributed by atoms with Gasteiger partial charge in [0.2, 0.25) is 0 Å². The Morgan fingerprint density at radius 2 is 1.94 bits per heavy atom. The molecule has 0 unspecified atom stereocenters. The standard InChI is InChI=1S/C11H7Cl2F2N/c1-5-3-2-4-6-8(12)7(11(14)15)10(13)16-9(5)6/h2-4,11H,1H3. The fourth-order valence-corrected chi connectivity index (χ4v) is 2.20. The molecule has 0 amide bonds. The number of para-hydroxylation sites is 1. The summed E-state index contributed by atoms with van der Waals surface area (Å²) in [6.45, 7) is 1.82. The second-order valence-corrected chi connectivity index (χ2v) is 4.14. The Kier molecular flexibility index (Phi) is 3.00. The number of benzene rings is 1. The molecule has 0 bridgehead atoms. The minimum atomic E-state index is -2.72. The van der Waals surface area contributed by atoms with Gasteiger partial charge in [-0.1, -0.05) is 41.4 Å². The summed E-state index contributed by atoms with van der Waals surface area (Å²) in [6.07, 6.45) is -2.72. The molecule has 1 nitrogen and oxygen atoms in total. The normalized spacial score (nSPS) is 11.4. The van der Waals surface area contributed by atoms with E-state index in [1.165, 1.54) is 0 Å². The Bertz CT molecular complexity index is 555. The lowest BCUT2D eigenvalue weighted by atomic mass is 10.1. The van der Waals surface area contributed by atoms with Crippen molar-refractivity contribution in [2.75, 3.05) is 0 Å². The SMILES string of the molecule is Cc1cccc2c(Cl)c(C(F)F)c(Cl)nc12. The van der Waals surface area contributed by atoms with Crippen molar-refractivity contribution in [2.45, 2.75) is 13.3 Å². The monoisotopic (exact) mass is 261 g/mol. The van der Waals surface area contributed by atoms with Crippen molar-refractivity contribution >= 4 is 34.1 Å². The lowest BCUT2D eigenvalue weighted by molar-refractivity contribution is 0.151. The van der Waals surface area contributed by atoms with Crippen molar-refractivity contribution in [1.29, 1.82) is 0 Å². The molecular formula is C11H7Cl2F2N. The zero-order chi connectivity index (χ0) is 11.9. The molecule has 5 heteroatoms. The first-order valence-electron chi connectivity index (χ1n) is 4.54. The summed E-state index contributed by atoms with van der Waals surface area (Å²) in [5, 5.41) is 0.247. The molecule has 0 fully saturated rings. The van der Waals surface area contributed by atoms with E-state index in [1.54, 1.807) is 12.1 Å². The van der Waals surface area contributed by atoms with Crippen molar-refractivity contribution < 1.29 is 8.78 Å². The Balaban J connectivity index is 2.89. The third-order valence-electron chi connectivity index (χ3n) is 2.36. The van der Waals surface area contributed by atoms with Crippen LogP contribution in [0.5, 0.6) is 0 Å². The van der Waals surface area contributed by atoms with Crippen LogP contribution in [0.1, 0.15) is 17.6 Å². The van der Waals surface area contributed by atoms with Crippen molar-refractivity contribution in [3.63, 3.8) is 0 Å². The third kappa shape index (κ3) is 1.74. The van der Waals surface area contributed by atoms with Crippen molar-refractivity contribution in [3.05, 3.63) is 39.5 Å². The summed E-state index contributed by atoms with van der Waals surface area (Å²) in [4.78, 5) is 3.96. The molecule has 84 valence electrons. The molecule has 0 saturated heterocycles. The fraction of sp³-hybridized carbons (Fsp3) is 0.182. The predicted octanol–water partition coefficient (Wildman–Crippen LogP) is 4.79. The molecule has 1 aromatic carbocycles. The highest BCUT2D eigenvalue weighted by Crippen LogP contribution is 2.37. The molecule has 0 aliphatic rings. The number of hydrogen-bond acceptors (Lipinski definition) is 1. The van der Waals surface area contributed by atoms with E-state index in [9.17, 15) is 8.78 Å². The summed E-state index contributed by atoms with van der Waals surface area (Å²) in [5.74, 6) is 0. The van der Waals surface area contributed by atoms with Gasteiger partial charge >= 0.3 is 0 Å². The number of rotatable bonds is 1. The van der Waals surface area contributed by atoms with Crippen LogP contribution >= 0.6 is 23.2 Å². The van der Waals surface area contributed by atoms with Crippen LogP contribution in [-0.2, 0) is 0 Å². The highest BCUT2D eigenvalue weighted by Gasteiger charge is 2.20. The van der Waals surface area contributed by atoms with E-state index in [4.69, 9.17) is 23.2 Å². The van der Waals surface area contributed by atoms with E-state index in [0.29, 0.717) is 10.9 Å².